The zero-order valence-corrected chi connectivity index (χ0v) is 42.7. The summed E-state index contributed by atoms with van der Waals surface area (Å²) in [5.41, 5.74) is 23.0. The Bertz CT molecular complexity index is 2710. The van der Waals surface area contributed by atoms with Crippen molar-refractivity contribution in [3.05, 3.63) is 113 Å². The number of aromatic hydroxyl groups is 1. The molecule has 4 aromatic rings. The number of carbonyl (C=O) groups is 3. The zero-order valence-electron chi connectivity index (χ0n) is 42.7. The average molecular weight is 996 g/mol. The highest BCUT2D eigenvalue weighted by Crippen LogP contribution is 2.60. The number of rotatable bonds is 13. The number of nitrogens with zero attached hydrogens (tertiary/aromatic N) is 8. The molecule has 10 N–H and O–H groups in total. The summed E-state index contributed by atoms with van der Waals surface area (Å²) in [7, 11) is 0. The van der Waals surface area contributed by atoms with Crippen LogP contribution in [0.2, 0.25) is 0 Å². The van der Waals surface area contributed by atoms with E-state index >= 15 is 0 Å². The molecular formula is C55H73N13O5. The number of para-hydroxylation sites is 1. The number of hydrogen-bond donors (Lipinski definition) is 7. The number of carbonyl (C=O) groups excluding carboxylic acids is 3. The van der Waals surface area contributed by atoms with Crippen LogP contribution in [0.3, 0.4) is 0 Å². The SMILES string of the molecule is Cc1nccn1-c1ccc(CNC(=O)[C@@H]2C[C@@H](O)CN2C(=O)[C@@H](NC(=O)C2CC3(C2)CC(N2CCC(c4cnc(N5C6CCC5CN(C(/C=C(\N)c5ccccc5O)=C(N)N)C6)nc4)CC2)C3)C(C)(C)C)cc1. The maximum Gasteiger partial charge on any atom is 0.246 e. The van der Waals surface area contributed by atoms with Crippen LogP contribution in [0.25, 0.3) is 11.4 Å². The number of allylic oxidation sites excluding steroid dienone is 1. The highest BCUT2D eigenvalue weighted by molar-refractivity contribution is 5.93. The molecule has 388 valence electrons. The van der Waals surface area contributed by atoms with Gasteiger partial charge in [0.1, 0.15) is 29.5 Å². The van der Waals surface area contributed by atoms with E-state index in [2.05, 4.69) is 30.3 Å². The standard InChI is InChI=1S/C55H73N13O5/c1-33-59-17-20-66(33)38-11-9-34(10-12-38)27-60-51(72)46-21-42(69)32-67(46)52(73)48(54(2,3)4)63-50(71)36-23-55(24-36)25-41(26-55)64-18-15-35(16-19-64)37-28-61-53(62-29-37)68-39-13-14-40(68)31-65(30-39)45(49(57)58)22-44(56)43-7-5-6-8-47(43)70/h5-12,17,20,22,28-29,35-36,39-42,46,48,69-70H,13-16,18-19,21,23-27,30-32,56-58H2,1-4H3,(H,60,72)(H,63,71)/b44-22-/t36?,39?,40?,41?,42-,46+,48-,55?/m1/s1. The first kappa shape index (κ1) is 49.9. The lowest BCUT2D eigenvalue weighted by Gasteiger charge is -2.60. The van der Waals surface area contributed by atoms with Crippen molar-refractivity contribution in [2.45, 2.75) is 134 Å². The fourth-order valence-corrected chi connectivity index (χ4v) is 12.8. The number of likely N-dealkylation sites (tertiary alicyclic amines) is 3. The highest BCUT2D eigenvalue weighted by atomic mass is 16.3. The summed E-state index contributed by atoms with van der Waals surface area (Å²) in [5.74, 6) is 1.39. The normalized spacial score (nSPS) is 26.8. The predicted molar refractivity (Wildman–Crippen MR) is 278 cm³/mol. The Labute approximate surface area is 428 Å². The van der Waals surface area contributed by atoms with Gasteiger partial charge in [-0.2, -0.15) is 0 Å². The molecular weight excluding hydrogens is 923 g/mol. The van der Waals surface area contributed by atoms with E-state index in [0.29, 0.717) is 42.0 Å². The number of imidazole rings is 1. The minimum Gasteiger partial charge on any atom is -0.507 e. The zero-order chi connectivity index (χ0) is 51.3. The number of aliphatic hydroxyl groups is 1. The summed E-state index contributed by atoms with van der Waals surface area (Å²) in [6.45, 7) is 11.5. The van der Waals surface area contributed by atoms with Crippen LogP contribution < -0.4 is 32.7 Å². The topological polar surface area (TPSA) is 250 Å². The first-order valence-corrected chi connectivity index (χ1v) is 26.2. The number of anilines is 1. The van der Waals surface area contributed by atoms with Gasteiger partial charge in [-0.3, -0.25) is 14.4 Å². The van der Waals surface area contributed by atoms with Gasteiger partial charge in [-0.1, -0.05) is 45.0 Å². The van der Waals surface area contributed by atoms with E-state index in [1.807, 2.05) is 81.2 Å². The smallest absolute Gasteiger partial charge is 0.246 e. The molecule has 2 aromatic carbocycles. The number of benzene rings is 2. The van der Waals surface area contributed by atoms with Crippen LogP contribution in [0.4, 0.5) is 5.95 Å². The van der Waals surface area contributed by atoms with Crippen LogP contribution in [-0.4, -0.2) is 131 Å². The molecule has 2 aromatic heterocycles. The summed E-state index contributed by atoms with van der Waals surface area (Å²) in [5, 5.41) is 27.2. The Morgan fingerprint density at radius 1 is 0.863 bits per heavy atom. The summed E-state index contributed by atoms with van der Waals surface area (Å²) in [6, 6.07) is 14.0. The Morgan fingerprint density at radius 3 is 2.15 bits per heavy atom. The molecule has 6 aliphatic rings. The van der Waals surface area contributed by atoms with Crippen LogP contribution >= 0.6 is 0 Å². The molecule has 2 aliphatic carbocycles. The monoisotopic (exact) mass is 996 g/mol. The van der Waals surface area contributed by atoms with Crippen molar-refractivity contribution in [3.63, 3.8) is 0 Å². The van der Waals surface area contributed by atoms with E-state index < -0.39 is 23.6 Å². The van der Waals surface area contributed by atoms with Gasteiger partial charge in [0, 0.05) is 98.4 Å². The van der Waals surface area contributed by atoms with Crippen LogP contribution in [0.5, 0.6) is 5.75 Å². The molecule has 1 spiro atoms. The van der Waals surface area contributed by atoms with Crippen molar-refractivity contribution >= 4 is 29.4 Å². The molecule has 5 atom stereocenters. The summed E-state index contributed by atoms with van der Waals surface area (Å²) in [6.07, 6.45) is 16.7. The van der Waals surface area contributed by atoms with E-state index in [1.54, 1.807) is 30.5 Å². The van der Waals surface area contributed by atoms with Crippen molar-refractivity contribution in [2.24, 2.45) is 33.9 Å². The molecule has 3 amide bonds. The third-order valence-electron chi connectivity index (χ3n) is 16.9. The van der Waals surface area contributed by atoms with Crippen LogP contribution in [0, 0.1) is 23.7 Å². The van der Waals surface area contributed by atoms with Gasteiger partial charge in [0.15, 0.2) is 0 Å². The first-order chi connectivity index (χ1) is 34.9. The third kappa shape index (κ3) is 10.2. The molecule has 2 bridgehead atoms. The van der Waals surface area contributed by atoms with Crippen molar-refractivity contribution in [3.8, 4) is 11.4 Å². The number of piperidine rings is 1. The molecule has 10 rings (SSSR count). The second-order valence-electron chi connectivity index (χ2n) is 22.9. The number of piperazine rings is 1. The van der Waals surface area contributed by atoms with Gasteiger partial charge in [-0.15, -0.1) is 0 Å². The number of β-amino-alcohol motifs (C(OH)–C–C–N with tert-alkyl or cyclic N) is 1. The fourth-order valence-electron chi connectivity index (χ4n) is 12.8. The molecule has 2 unspecified atom stereocenters. The Hall–Kier alpha value is -6.66. The molecule has 4 saturated heterocycles. The first-order valence-electron chi connectivity index (χ1n) is 26.2. The van der Waals surface area contributed by atoms with Gasteiger partial charge < -0.3 is 62.2 Å². The van der Waals surface area contributed by atoms with E-state index in [0.717, 1.165) is 87.5 Å². The number of phenols is 1. The maximum atomic E-state index is 14.3. The number of aromatic nitrogens is 4. The molecule has 6 heterocycles. The number of nitrogens with two attached hydrogens (primary N) is 3. The largest absolute Gasteiger partial charge is 0.507 e. The summed E-state index contributed by atoms with van der Waals surface area (Å²) >= 11 is 0. The van der Waals surface area contributed by atoms with Gasteiger partial charge in [-0.25, -0.2) is 15.0 Å². The van der Waals surface area contributed by atoms with E-state index in [1.165, 1.54) is 10.5 Å². The van der Waals surface area contributed by atoms with Gasteiger partial charge in [0.05, 0.1) is 11.8 Å². The van der Waals surface area contributed by atoms with Gasteiger partial charge in [-0.05, 0) is 130 Å². The van der Waals surface area contributed by atoms with Crippen molar-refractivity contribution in [1.29, 1.82) is 0 Å². The molecule has 73 heavy (non-hydrogen) atoms. The Morgan fingerprint density at radius 2 is 1.53 bits per heavy atom. The minimum atomic E-state index is -0.848. The second kappa shape index (κ2) is 20.0. The van der Waals surface area contributed by atoms with Crippen molar-refractivity contribution < 1.29 is 24.6 Å². The lowest BCUT2D eigenvalue weighted by atomic mass is 9.49. The summed E-state index contributed by atoms with van der Waals surface area (Å²) < 4.78 is 1.98. The lowest BCUT2D eigenvalue weighted by molar-refractivity contribution is -0.150. The van der Waals surface area contributed by atoms with Crippen molar-refractivity contribution in [2.75, 3.05) is 37.6 Å². The van der Waals surface area contributed by atoms with E-state index in [9.17, 15) is 24.6 Å². The quantitative estimate of drug-likeness (QED) is 0.0938. The number of fused-ring (bicyclic) bond motifs is 2. The van der Waals surface area contributed by atoms with Gasteiger partial charge >= 0.3 is 0 Å². The molecule has 18 heteroatoms. The number of aliphatic hydroxyl groups excluding tert-OH is 1. The minimum absolute atomic E-state index is 0.0370. The molecule has 2 saturated carbocycles. The van der Waals surface area contributed by atoms with E-state index in [4.69, 9.17) is 27.2 Å². The molecule has 18 nitrogen and oxygen atoms in total. The number of hydrogen-bond acceptors (Lipinski definition) is 14. The Balaban J connectivity index is 0.671. The highest BCUT2D eigenvalue weighted by Gasteiger charge is 2.57. The molecule has 4 aliphatic heterocycles. The van der Waals surface area contributed by atoms with E-state index in [-0.39, 0.29) is 72.2 Å². The predicted octanol–water partition coefficient (Wildman–Crippen LogP) is 3.96. The number of nitrogens with one attached hydrogen (secondary N) is 2. The van der Waals surface area contributed by atoms with Gasteiger partial charge in [0.2, 0.25) is 23.7 Å². The van der Waals surface area contributed by atoms with Crippen LogP contribution in [-0.2, 0) is 20.9 Å². The number of phenolic OH excluding ortho intramolecular Hbond substituents is 1. The Kier molecular flexibility index (Phi) is 13.7. The third-order valence-corrected chi connectivity index (χ3v) is 16.9. The number of amides is 3. The fraction of sp³-hybridized carbons (Fsp3) is 0.527. The average Bonchev–Trinajstić information content (AvgIpc) is 4.04. The second-order valence-corrected chi connectivity index (χ2v) is 22.9. The number of aryl methyl sites for hydroxylation is 1. The lowest BCUT2D eigenvalue weighted by Crippen LogP contribution is -2.62. The van der Waals surface area contributed by atoms with Crippen molar-refractivity contribution in [1.82, 2.24) is 44.9 Å². The van der Waals surface area contributed by atoms with Crippen LogP contribution in [0.15, 0.2) is 90.9 Å². The summed E-state index contributed by atoms with van der Waals surface area (Å²) in [4.78, 5) is 64.6. The van der Waals surface area contributed by atoms with Crippen LogP contribution in [0.1, 0.15) is 107 Å². The maximum absolute atomic E-state index is 14.3. The molecule has 0 radical (unpaired) electrons. The molecule has 6 fully saturated rings. The van der Waals surface area contributed by atoms with Gasteiger partial charge in [0.25, 0.3) is 0 Å².